The molecule has 0 bridgehead atoms. The number of nitrogens with two attached hydrogens (primary N) is 2. The fraction of sp³-hybridized carbons (Fsp3) is 0.471. The van der Waals surface area contributed by atoms with Gasteiger partial charge in [-0.05, 0) is 43.5 Å². The van der Waals surface area contributed by atoms with Gasteiger partial charge in [-0.15, -0.1) is 0 Å². The molecular formula is C17H26N4O4. The number of unbranched alkanes of at least 4 members (excludes halogenated alkanes) is 1. The molecule has 3 amide bonds. The molecule has 0 aromatic heterocycles. The summed E-state index contributed by atoms with van der Waals surface area (Å²) in [5, 5.41) is 14.5. The molecule has 0 unspecified atom stereocenters. The number of primary amides is 1. The molecular weight excluding hydrogens is 324 g/mol. The van der Waals surface area contributed by atoms with Crippen LogP contribution in [0.4, 0.5) is 0 Å². The molecule has 1 rings (SSSR count). The molecule has 0 fully saturated rings. The third-order valence-electron chi connectivity index (χ3n) is 3.68. The van der Waals surface area contributed by atoms with Crippen molar-refractivity contribution in [1.29, 1.82) is 0 Å². The molecule has 0 heterocycles. The highest BCUT2D eigenvalue weighted by Crippen LogP contribution is 2.11. The van der Waals surface area contributed by atoms with Crippen LogP contribution in [0.3, 0.4) is 0 Å². The molecule has 0 saturated heterocycles. The number of phenolic OH excluding ortho intramolecular Hbond substituents is 1. The van der Waals surface area contributed by atoms with Crippen LogP contribution in [0.2, 0.25) is 0 Å². The Bertz CT molecular complexity index is 589. The highest BCUT2D eigenvalue weighted by Gasteiger charge is 2.24. The molecule has 0 aliphatic rings. The largest absolute Gasteiger partial charge is 0.508 e. The normalized spacial score (nSPS) is 12.9. The van der Waals surface area contributed by atoms with E-state index in [0.717, 1.165) is 12.0 Å². The van der Waals surface area contributed by atoms with Gasteiger partial charge in [0.15, 0.2) is 0 Å². The standard InChI is InChI=1S/C17H26N4O4/c1-11(22)20-14(4-2-3-9-18)17(25)21-15(16(19)24)10-12-5-7-13(23)8-6-12/h5-8,14-15,23H,2-4,9-10,18H2,1H3,(H2,19,24)(H,20,22)(H,21,25)/t14-,15-/m0/s1. The van der Waals surface area contributed by atoms with Crippen LogP contribution in [-0.2, 0) is 20.8 Å². The van der Waals surface area contributed by atoms with E-state index in [2.05, 4.69) is 10.6 Å². The van der Waals surface area contributed by atoms with Crippen LogP contribution in [-0.4, -0.2) is 41.5 Å². The first-order valence-corrected chi connectivity index (χ1v) is 8.18. The van der Waals surface area contributed by atoms with E-state index in [-0.39, 0.29) is 18.1 Å². The van der Waals surface area contributed by atoms with E-state index >= 15 is 0 Å². The molecule has 7 N–H and O–H groups in total. The first kappa shape index (κ1) is 20.4. The summed E-state index contributed by atoms with van der Waals surface area (Å²) in [7, 11) is 0. The first-order valence-electron chi connectivity index (χ1n) is 8.18. The van der Waals surface area contributed by atoms with Gasteiger partial charge in [-0.1, -0.05) is 12.1 Å². The molecule has 1 aromatic rings. The van der Waals surface area contributed by atoms with E-state index in [4.69, 9.17) is 11.5 Å². The van der Waals surface area contributed by atoms with E-state index in [1.807, 2.05) is 0 Å². The Balaban J connectivity index is 2.75. The van der Waals surface area contributed by atoms with Crippen LogP contribution in [0, 0.1) is 0 Å². The number of rotatable bonds is 10. The zero-order valence-corrected chi connectivity index (χ0v) is 14.3. The van der Waals surface area contributed by atoms with Gasteiger partial charge >= 0.3 is 0 Å². The lowest BCUT2D eigenvalue weighted by Crippen LogP contribution is -2.53. The highest BCUT2D eigenvalue weighted by molar-refractivity contribution is 5.91. The van der Waals surface area contributed by atoms with Crippen molar-refractivity contribution >= 4 is 17.7 Å². The van der Waals surface area contributed by atoms with Gasteiger partial charge in [0.25, 0.3) is 0 Å². The lowest BCUT2D eigenvalue weighted by atomic mass is 10.0. The Kier molecular flexibility index (Phi) is 8.42. The molecule has 2 atom stereocenters. The number of benzene rings is 1. The molecule has 0 aliphatic carbocycles. The smallest absolute Gasteiger partial charge is 0.243 e. The SMILES string of the molecule is CC(=O)N[C@@H](CCCCN)C(=O)N[C@@H](Cc1ccc(O)cc1)C(N)=O. The summed E-state index contributed by atoms with van der Waals surface area (Å²) in [6, 6.07) is 4.60. The van der Waals surface area contributed by atoms with E-state index in [0.29, 0.717) is 19.4 Å². The molecule has 25 heavy (non-hydrogen) atoms. The zero-order valence-electron chi connectivity index (χ0n) is 14.3. The maximum Gasteiger partial charge on any atom is 0.243 e. The van der Waals surface area contributed by atoms with Gasteiger partial charge in [-0.25, -0.2) is 0 Å². The van der Waals surface area contributed by atoms with Crippen molar-refractivity contribution in [1.82, 2.24) is 10.6 Å². The Morgan fingerprint density at radius 2 is 1.72 bits per heavy atom. The fourth-order valence-corrected chi connectivity index (χ4v) is 2.37. The van der Waals surface area contributed by atoms with Crippen molar-refractivity contribution in [2.45, 2.75) is 44.7 Å². The molecule has 8 heteroatoms. The Labute approximate surface area is 147 Å². The first-order chi connectivity index (χ1) is 11.8. The Morgan fingerprint density at radius 1 is 1.08 bits per heavy atom. The van der Waals surface area contributed by atoms with Crippen molar-refractivity contribution in [2.24, 2.45) is 11.5 Å². The predicted octanol–water partition coefficient (Wildman–Crippen LogP) is -0.461. The highest BCUT2D eigenvalue weighted by atomic mass is 16.3. The van der Waals surface area contributed by atoms with Crippen molar-refractivity contribution in [2.75, 3.05) is 6.54 Å². The summed E-state index contributed by atoms with van der Waals surface area (Å²) in [5.74, 6) is -1.36. The van der Waals surface area contributed by atoms with Crippen molar-refractivity contribution in [3.63, 3.8) is 0 Å². The Hall–Kier alpha value is -2.61. The molecule has 138 valence electrons. The monoisotopic (exact) mass is 350 g/mol. The summed E-state index contributed by atoms with van der Waals surface area (Å²) >= 11 is 0. The van der Waals surface area contributed by atoms with Crippen LogP contribution in [0.1, 0.15) is 31.7 Å². The van der Waals surface area contributed by atoms with Crippen LogP contribution < -0.4 is 22.1 Å². The quantitative estimate of drug-likeness (QED) is 0.362. The van der Waals surface area contributed by atoms with Gasteiger partial charge < -0.3 is 27.2 Å². The number of carbonyl (C=O) groups excluding carboxylic acids is 3. The maximum absolute atomic E-state index is 12.4. The Morgan fingerprint density at radius 3 is 2.24 bits per heavy atom. The van der Waals surface area contributed by atoms with Crippen molar-refractivity contribution < 1.29 is 19.5 Å². The number of hydrogen-bond acceptors (Lipinski definition) is 5. The third kappa shape index (κ3) is 7.67. The second-order valence-electron chi connectivity index (χ2n) is 5.87. The number of phenols is 1. The summed E-state index contributed by atoms with van der Waals surface area (Å²) in [4.78, 5) is 35.4. The number of carbonyl (C=O) groups is 3. The van der Waals surface area contributed by atoms with E-state index < -0.39 is 23.9 Å². The van der Waals surface area contributed by atoms with E-state index in [1.54, 1.807) is 12.1 Å². The van der Waals surface area contributed by atoms with Crippen LogP contribution >= 0.6 is 0 Å². The second-order valence-corrected chi connectivity index (χ2v) is 5.87. The van der Waals surface area contributed by atoms with Gasteiger partial charge in [0.2, 0.25) is 17.7 Å². The fourth-order valence-electron chi connectivity index (χ4n) is 2.37. The van der Waals surface area contributed by atoms with Crippen molar-refractivity contribution in [3.05, 3.63) is 29.8 Å². The molecule has 8 nitrogen and oxygen atoms in total. The number of nitrogens with one attached hydrogen (secondary N) is 2. The van der Waals surface area contributed by atoms with E-state index in [9.17, 15) is 19.5 Å². The molecule has 0 aliphatic heterocycles. The average Bonchev–Trinajstić information content (AvgIpc) is 2.55. The van der Waals surface area contributed by atoms with Crippen LogP contribution in [0.5, 0.6) is 5.75 Å². The summed E-state index contributed by atoms with van der Waals surface area (Å²) in [6.07, 6.45) is 2.02. The molecule has 0 radical (unpaired) electrons. The number of aromatic hydroxyl groups is 1. The minimum absolute atomic E-state index is 0.106. The van der Waals surface area contributed by atoms with Crippen molar-refractivity contribution in [3.8, 4) is 5.75 Å². The van der Waals surface area contributed by atoms with Crippen LogP contribution in [0.15, 0.2) is 24.3 Å². The van der Waals surface area contributed by atoms with E-state index in [1.165, 1.54) is 19.1 Å². The minimum Gasteiger partial charge on any atom is -0.508 e. The summed E-state index contributed by atoms with van der Waals surface area (Å²) in [5.41, 5.74) is 11.6. The maximum atomic E-state index is 12.4. The summed E-state index contributed by atoms with van der Waals surface area (Å²) in [6.45, 7) is 1.82. The molecule has 0 saturated carbocycles. The minimum atomic E-state index is -0.914. The molecule has 0 spiro atoms. The summed E-state index contributed by atoms with van der Waals surface area (Å²) < 4.78 is 0. The lowest BCUT2D eigenvalue weighted by Gasteiger charge is -2.21. The lowest BCUT2D eigenvalue weighted by molar-refractivity contribution is -0.131. The van der Waals surface area contributed by atoms with Crippen LogP contribution in [0.25, 0.3) is 0 Å². The number of hydrogen-bond donors (Lipinski definition) is 5. The topological polar surface area (TPSA) is 148 Å². The third-order valence-corrected chi connectivity index (χ3v) is 3.68. The second kappa shape index (κ2) is 10.3. The number of amides is 3. The van der Waals surface area contributed by atoms with Gasteiger partial charge in [-0.2, -0.15) is 0 Å². The van der Waals surface area contributed by atoms with Gasteiger partial charge in [-0.3, -0.25) is 14.4 Å². The predicted molar refractivity (Wildman–Crippen MR) is 93.4 cm³/mol. The van der Waals surface area contributed by atoms with Gasteiger partial charge in [0, 0.05) is 13.3 Å². The van der Waals surface area contributed by atoms with Gasteiger partial charge in [0.05, 0.1) is 0 Å². The zero-order chi connectivity index (χ0) is 18.8. The molecule has 1 aromatic carbocycles. The van der Waals surface area contributed by atoms with Gasteiger partial charge in [0.1, 0.15) is 17.8 Å². The average molecular weight is 350 g/mol.